The van der Waals surface area contributed by atoms with Gasteiger partial charge in [-0.25, -0.2) is 52.4 Å². The summed E-state index contributed by atoms with van der Waals surface area (Å²) in [5, 5.41) is 32.9. The fourth-order valence-electron chi connectivity index (χ4n) is 19.6. The van der Waals surface area contributed by atoms with E-state index in [1.165, 1.54) is 49.2 Å². The Balaban J connectivity index is 0.000000132. The van der Waals surface area contributed by atoms with E-state index >= 15 is 0 Å². The van der Waals surface area contributed by atoms with Crippen molar-refractivity contribution in [1.29, 1.82) is 0 Å². The van der Waals surface area contributed by atoms with Crippen LogP contribution >= 0.6 is 0 Å². The molecule has 8 heterocycles. The summed E-state index contributed by atoms with van der Waals surface area (Å²) in [6.07, 6.45) is 16.0. The van der Waals surface area contributed by atoms with Crippen LogP contribution in [0.2, 0.25) is 0 Å². The molecule has 0 radical (unpaired) electrons. The summed E-state index contributed by atoms with van der Waals surface area (Å²) >= 11 is 0. The topological polar surface area (TPSA) is 394 Å². The fraction of sp³-hybridized carbons (Fsp3) is 0.462. The molecule has 20 rings (SSSR count). The van der Waals surface area contributed by atoms with Crippen LogP contribution in [0, 0.1) is 45.4 Å². The van der Waals surface area contributed by atoms with Gasteiger partial charge in [0.1, 0.15) is 28.4 Å². The summed E-state index contributed by atoms with van der Waals surface area (Å²) < 4.78 is 139. The zero-order valence-electron chi connectivity index (χ0n) is 84.9. The number of carbonyl (C=O) groups excluding carboxylic acids is 5. The average Bonchev–Trinajstić information content (AvgIpc) is 1.58. The minimum atomic E-state index is -3.66. The number of sulfonamides is 4. The number of amides is 5. The predicted octanol–water partition coefficient (Wildman–Crippen LogP) is 14.3. The molecule has 38 heteroatoms. The molecule has 8 aromatic carbocycles. The maximum atomic E-state index is 13.2. The molecule has 12 aromatic rings. The second-order valence-electron chi connectivity index (χ2n) is 40.1. The van der Waals surface area contributed by atoms with Gasteiger partial charge in [-0.1, -0.05) is 70.8 Å². The Morgan fingerprint density at radius 3 is 0.764 bits per heavy atom. The minimum Gasteiger partial charge on any atom is -0.378 e. The molecule has 4 saturated heterocycles. The monoisotopic (exact) mass is 2040 g/mol. The van der Waals surface area contributed by atoms with Crippen molar-refractivity contribution in [2.75, 3.05) is 137 Å². The SMILES string of the molecule is CNC(=O)c1c2cc(C3CC3)c(N(CCC3(OC)CN(C(C)=O)C3)S(C)(=O)=O)cc2nn1-c1ccc(C)cc1.CNC(=O)c1c2cc(C3CC3)c(N(CC[C@@H]3CO[C@@H]3C)S(C)(=O)=O)cc2nn1-c1ccc(C)cc1.CNC(=O)c1c2cc(C3CC3)c(N(CC[C@@H]3CO[C@H]3C)S(C)(=O)=O)cc2nn1-c1ccc(C)cc1.CNC(=O)c1c2cc(C3CC3)c(N(CC[C@H]3CO[C@@H]3C)S(C)(=O)=O)cc2nn1-c1ccc(C)cc1. The van der Waals surface area contributed by atoms with E-state index in [0.717, 1.165) is 154 Å². The van der Waals surface area contributed by atoms with Gasteiger partial charge < -0.3 is 45.1 Å². The lowest BCUT2D eigenvalue weighted by Gasteiger charge is -2.49. The number of nitrogens with one attached hydrogen (secondary N) is 4. The van der Waals surface area contributed by atoms with Gasteiger partial charge in [-0.2, -0.15) is 20.4 Å². The van der Waals surface area contributed by atoms with E-state index in [4.69, 9.17) is 39.3 Å². The average molecular weight is 2040 g/mol. The molecule has 0 bridgehead atoms. The molecule has 144 heavy (non-hydrogen) atoms. The van der Waals surface area contributed by atoms with E-state index in [-0.39, 0.29) is 78.1 Å². The number of aryl methyl sites for hydroxylation is 4. The smallest absolute Gasteiger partial charge is 0.270 e. The molecule has 34 nitrogen and oxygen atoms in total. The number of ether oxygens (including phenoxy) is 4. The van der Waals surface area contributed by atoms with Crippen LogP contribution in [0.15, 0.2) is 146 Å². The highest BCUT2D eigenvalue weighted by atomic mass is 32.2. The number of rotatable bonds is 33. The quantitative estimate of drug-likeness (QED) is 0.0297. The third-order valence-corrected chi connectivity index (χ3v) is 34.1. The van der Waals surface area contributed by atoms with Gasteiger partial charge in [-0.3, -0.25) is 41.2 Å². The first kappa shape index (κ1) is 103. The molecular weight excluding hydrogens is 1910 g/mol. The molecule has 8 fully saturated rings. The summed E-state index contributed by atoms with van der Waals surface area (Å²) in [4.78, 5) is 65.4. The van der Waals surface area contributed by atoms with Crippen LogP contribution in [0.4, 0.5) is 22.7 Å². The van der Waals surface area contributed by atoms with Crippen LogP contribution in [0.5, 0.6) is 0 Å². The number of nitrogens with zero attached hydrogens (tertiary/aromatic N) is 13. The molecule has 4 saturated carbocycles. The maximum Gasteiger partial charge on any atom is 0.270 e. The molecule has 4 aliphatic heterocycles. The van der Waals surface area contributed by atoms with Gasteiger partial charge in [-0.15, -0.1) is 0 Å². The number of likely N-dealkylation sites (tertiary alicyclic amines) is 1. The van der Waals surface area contributed by atoms with E-state index in [2.05, 4.69) is 21.3 Å². The molecule has 766 valence electrons. The highest BCUT2D eigenvalue weighted by Crippen LogP contribution is 2.52. The normalized spacial score (nSPS) is 19.1. The summed E-state index contributed by atoms with van der Waals surface area (Å²) in [5.74, 6) is 1.12. The Kier molecular flexibility index (Phi) is 29.7. The summed E-state index contributed by atoms with van der Waals surface area (Å²) in [5.41, 5.74) is 17.4. The minimum absolute atomic E-state index is 0.0276. The molecule has 6 atom stereocenters. The lowest BCUT2D eigenvalue weighted by atomic mass is 9.90. The van der Waals surface area contributed by atoms with E-state index < -0.39 is 45.7 Å². The summed E-state index contributed by atoms with van der Waals surface area (Å²) in [6, 6.07) is 46.4. The van der Waals surface area contributed by atoms with Crippen molar-refractivity contribution < 1.29 is 76.6 Å². The van der Waals surface area contributed by atoms with Crippen molar-refractivity contribution in [3.05, 3.63) is 213 Å². The number of benzene rings is 8. The van der Waals surface area contributed by atoms with Crippen molar-refractivity contribution in [3.8, 4) is 22.7 Å². The Morgan fingerprint density at radius 2 is 0.590 bits per heavy atom. The summed E-state index contributed by atoms with van der Waals surface area (Å²) in [7, 11) is -6.20. The lowest BCUT2D eigenvalue weighted by molar-refractivity contribution is -0.160. The Morgan fingerprint density at radius 1 is 0.368 bits per heavy atom. The maximum absolute atomic E-state index is 13.2. The Hall–Kier alpha value is -12.2. The van der Waals surface area contributed by atoms with Gasteiger partial charge in [0.05, 0.1) is 144 Å². The van der Waals surface area contributed by atoms with Crippen LogP contribution < -0.4 is 38.5 Å². The standard InChI is InChI=1S/C28H35N5O5S.3C26H32N4O4S/c1-18-6-10-21(11-7-18)33-26(27(35)29-3)23-14-22(20-8-9-20)25(15-24(23)30-33)32(39(5,36)37)13-12-28(38-4)16-31(17-28)19(2)34;3*1-16-5-9-20(10-6-16)30-25(26(31)27-3)22-13-21(18-7-8-18)24(14-23(22)28-30)29(35(4,32)33)12-11-19-15-34-17(19)2/h6-7,10-11,14-15,20H,8-9,12-13,16-17H2,1-5H3,(H,29,35);3*5-6,9-10,13-14,17-19H,7-8,11-12,15H2,1-4H3,(H,27,31)/t;2*17-,19+;17-,19-/m.101/s1. The zero-order valence-corrected chi connectivity index (χ0v) is 88.1. The van der Waals surface area contributed by atoms with Gasteiger partial charge >= 0.3 is 0 Å². The molecule has 0 unspecified atom stereocenters. The molecule has 5 amide bonds. The van der Waals surface area contributed by atoms with Crippen molar-refractivity contribution in [2.24, 2.45) is 17.8 Å². The highest BCUT2D eigenvalue weighted by molar-refractivity contribution is 7.93. The van der Waals surface area contributed by atoms with Crippen molar-refractivity contribution in [1.82, 2.24) is 65.3 Å². The number of carbonyl (C=O) groups is 5. The number of hydrogen-bond donors (Lipinski definition) is 4. The lowest BCUT2D eigenvalue weighted by Crippen LogP contribution is -2.64. The number of anilines is 4. The van der Waals surface area contributed by atoms with Crippen LogP contribution in [0.3, 0.4) is 0 Å². The van der Waals surface area contributed by atoms with E-state index in [9.17, 15) is 57.6 Å². The van der Waals surface area contributed by atoms with Gasteiger partial charge in [0, 0.05) is 108 Å². The third-order valence-electron chi connectivity index (χ3n) is 29.3. The molecule has 4 aliphatic carbocycles. The number of methoxy groups -OCH3 is 1. The first-order valence-corrected chi connectivity index (χ1v) is 56.9. The van der Waals surface area contributed by atoms with Gasteiger partial charge in [0.25, 0.3) is 23.6 Å². The molecular formula is C106H131N17O17S4. The van der Waals surface area contributed by atoms with Crippen LogP contribution in [0.25, 0.3) is 66.4 Å². The number of fused-ring (bicyclic) bond motifs is 4. The summed E-state index contributed by atoms with van der Waals surface area (Å²) in [6.45, 7) is 19.9. The van der Waals surface area contributed by atoms with Crippen molar-refractivity contribution in [3.63, 3.8) is 0 Å². The van der Waals surface area contributed by atoms with Crippen molar-refractivity contribution in [2.45, 2.75) is 180 Å². The number of aromatic nitrogens is 8. The molecule has 4 aromatic heterocycles. The second kappa shape index (κ2) is 41.4. The van der Waals surface area contributed by atoms with E-state index in [0.29, 0.717) is 150 Å². The van der Waals surface area contributed by atoms with Crippen LogP contribution in [-0.2, 0) is 63.8 Å². The number of hydrogen-bond acceptors (Lipinski definition) is 21. The molecule has 0 spiro atoms. The Labute approximate surface area is 842 Å². The second-order valence-corrected chi connectivity index (χ2v) is 47.8. The van der Waals surface area contributed by atoms with Crippen molar-refractivity contribution >= 4 is 136 Å². The zero-order chi connectivity index (χ0) is 103. The first-order valence-electron chi connectivity index (χ1n) is 49.5. The Bertz CT molecular complexity index is 6910. The predicted molar refractivity (Wildman–Crippen MR) is 561 cm³/mol. The van der Waals surface area contributed by atoms with E-state index in [1.54, 1.807) is 65.0 Å². The van der Waals surface area contributed by atoms with Crippen LogP contribution in [0.1, 0.15) is 215 Å². The fourth-order valence-corrected chi connectivity index (χ4v) is 23.4. The highest BCUT2D eigenvalue weighted by Gasteiger charge is 2.47. The molecule has 8 aliphatic rings. The van der Waals surface area contributed by atoms with Crippen LogP contribution in [-0.4, -0.2) is 251 Å². The molecule has 4 N–H and O–H groups in total. The first-order chi connectivity index (χ1) is 68.5. The van der Waals surface area contributed by atoms with Gasteiger partial charge in [-0.05, 0) is 269 Å². The van der Waals surface area contributed by atoms with Gasteiger partial charge in [0.2, 0.25) is 46.0 Å². The van der Waals surface area contributed by atoms with Gasteiger partial charge in [0.15, 0.2) is 0 Å². The largest absolute Gasteiger partial charge is 0.378 e. The third kappa shape index (κ3) is 22.0. The van der Waals surface area contributed by atoms with E-state index in [1.807, 2.05) is 188 Å².